The van der Waals surface area contributed by atoms with Gasteiger partial charge in [0.1, 0.15) is 0 Å². The average Bonchev–Trinajstić information content (AvgIpc) is 2.25. The lowest BCUT2D eigenvalue weighted by Crippen LogP contribution is -2.48. The van der Waals surface area contributed by atoms with Crippen molar-refractivity contribution in [3.8, 4) is 0 Å². The highest BCUT2D eigenvalue weighted by Gasteiger charge is 2.39. The average molecular weight is 240 g/mol. The second kappa shape index (κ2) is 5.84. The van der Waals surface area contributed by atoms with Gasteiger partial charge in [-0.05, 0) is 32.5 Å². The van der Waals surface area contributed by atoms with Crippen molar-refractivity contribution >= 4 is 0 Å². The zero-order chi connectivity index (χ0) is 12.2. The van der Waals surface area contributed by atoms with Crippen LogP contribution in [0.2, 0.25) is 0 Å². The molecule has 1 unspecified atom stereocenters. The molecule has 0 radical (unpaired) electrons. The Morgan fingerprint density at radius 1 is 1.38 bits per heavy atom. The largest absolute Gasteiger partial charge is 0.415 e. The van der Waals surface area contributed by atoms with E-state index in [1.165, 1.54) is 0 Å². The second-order valence-electron chi connectivity index (χ2n) is 4.13. The van der Waals surface area contributed by atoms with E-state index < -0.39 is 12.3 Å². The number of hydrogen-bond donors (Lipinski definition) is 2. The Hall–Kier alpha value is -0.330. The van der Waals surface area contributed by atoms with Crippen molar-refractivity contribution in [1.29, 1.82) is 0 Å². The quantitative estimate of drug-likeness (QED) is 0.769. The van der Waals surface area contributed by atoms with Gasteiger partial charge in [0.25, 0.3) is 0 Å². The van der Waals surface area contributed by atoms with Crippen LogP contribution in [0.1, 0.15) is 19.8 Å². The summed E-state index contributed by atoms with van der Waals surface area (Å²) in [6.07, 6.45) is -5.06. The monoisotopic (exact) mass is 240 g/mol. The molecular formula is C10H19F3N2O. The molecule has 0 amide bonds. The van der Waals surface area contributed by atoms with Crippen LogP contribution in [0.3, 0.4) is 0 Å². The molecular weight excluding hydrogens is 221 g/mol. The molecule has 1 saturated heterocycles. The number of alkyl halides is 3. The van der Waals surface area contributed by atoms with Gasteiger partial charge in [0, 0.05) is 12.6 Å². The molecule has 3 nitrogen and oxygen atoms in total. The fraction of sp³-hybridized carbons (Fsp3) is 1.00. The molecule has 1 aliphatic rings. The van der Waals surface area contributed by atoms with E-state index in [0.29, 0.717) is 6.54 Å². The summed E-state index contributed by atoms with van der Waals surface area (Å²) in [5.41, 5.74) is 0. The van der Waals surface area contributed by atoms with Crippen LogP contribution in [0.15, 0.2) is 0 Å². The van der Waals surface area contributed by atoms with E-state index in [0.717, 1.165) is 25.9 Å². The Balaban J connectivity index is 2.47. The van der Waals surface area contributed by atoms with E-state index in [-0.39, 0.29) is 12.6 Å². The minimum atomic E-state index is -4.51. The van der Waals surface area contributed by atoms with Crippen molar-refractivity contribution in [1.82, 2.24) is 10.2 Å². The lowest BCUT2D eigenvalue weighted by atomic mass is 10.0. The molecule has 16 heavy (non-hydrogen) atoms. The first-order valence-electron chi connectivity index (χ1n) is 5.64. The molecule has 2 N–H and O–H groups in total. The third-order valence-electron chi connectivity index (χ3n) is 3.02. The molecule has 0 saturated carbocycles. The van der Waals surface area contributed by atoms with Crippen molar-refractivity contribution in [2.75, 3.05) is 26.2 Å². The Labute approximate surface area is 93.6 Å². The topological polar surface area (TPSA) is 35.5 Å². The van der Waals surface area contributed by atoms with E-state index >= 15 is 0 Å². The number of rotatable bonds is 4. The third-order valence-corrected chi connectivity index (χ3v) is 3.02. The van der Waals surface area contributed by atoms with Crippen molar-refractivity contribution in [2.24, 2.45) is 0 Å². The maximum absolute atomic E-state index is 12.2. The smallest absolute Gasteiger partial charge is 0.382 e. The van der Waals surface area contributed by atoms with E-state index in [9.17, 15) is 13.2 Å². The number of halogens is 3. The lowest BCUT2D eigenvalue weighted by Gasteiger charge is -2.35. The van der Waals surface area contributed by atoms with Gasteiger partial charge in [0.05, 0.1) is 0 Å². The molecule has 0 bridgehead atoms. The van der Waals surface area contributed by atoms with Gasteiger partial charge < -0.3 is 10.4 Å². The van der Waals surface area contributed by atoms with Crippen LogP contribution in [-0.4, -0.2) is 54.5 Å². The molecule has 1 rings (SSSR count). The fourth-order valence-electron chi connectivity index (χ4n) is 2.03. The van der Waals surface area contributed by atoms with Gasteiger partial charge in [-0.2, -0.15) is 13.2 Å². The molecule has 0 aliphatic carbocycles. The zero-order valence-corrected chi connectivity index (χ0v) is 9.43. The molecule has 0 aromatic rings. The summed E-state index contributed by atoms with van der Waals surface area (Å²) in [6.45, 7) is 3.72. The van der Waals surface area contributed by atoms with Crippen molar-refractivity contribution < 1.29 is 18.3 Å². The first-order valence-corrected chi connectivity index (χ1v) is 5.64. The predicted octanol–water partition coefficient (Wildman–Crippen LogP) is 0.984. The Bertz CT molecular complexity index is 205. The Morgan fingerprint density at radius 3 is 2.38 bits per heavy atom. The number of piperidine rings is 1. The number of hydrogen-bond acceptors (Lipinski definition) is 3. The van der Waals surface area contributed by atoms with Gasteiger partial charge in [0.15, 0.2) is 6.10 Å². The Morgan fingerprint density at radius 2 is 1.94 bits per heavy atom. The second-order valence-corrected chi connectivity index (χ2v) is 4.13. The standard InChI is InChI=1S/C10H19F3N2O/c1-2-15(7-9(16)10(11,12)13)8-3-5-14-6-4-8/h8-9,14,16H,2-7H2,1H3. The maximum atomic E-state index is 12.2. The molecule has 1 fully saturated rings. The van der Waals surface area contributed by atoms with Crippen molar-refractivity contribution in [3.05, 3.63) is 0 Å². The zero-order valence-electron chi connectivity index (χ0n) is 9.43. The predicted molar refractivity (Wildman–Crippen MR) is 55.2 cm³/mol. The van der Waals surface area contributed by atoms with Gasteiger partial charge in [-0.25, -0.2) is 0 Å². The summed E-state index contributed by atoms with van der Waals surface area (Å²) in [5, 5.41) is 12.2. The summed E-state index contributed by atoms with van der Waals surface area (Å²) in [7, 11) is 0. The summed E-state index contributed by atoms with van der Waals surface area (Å²) >= 11 is 0. The molecule has 96 valence electrons. The van der Waals surface area contributed by atoms with Crippen LogP contribution >= 0.6 is 0 Å². The minimum Gasteiger partial charge on any atom is -0.382 e. The number of likely N-dealkylation sites (N-methyl/N-ethyl adjacent to an activating group) is 1. The summed E-state index contributed by atoms with van der Waals surface area (Å²) < 4.78 is 36.7. The lowest BCUT2D eigenvalue weighted by molar-refractivity contribution is -0.209. The van der Waals surface area contributed by atoms with E-state index in [1.54, 1.807) is 4.90 Å². The molecule has 1 atom stereocenters. The summed E-state index contributed by atoms with van der Waals surface area (Å²) in [4.78, 5) is 1.72. The van der Waals surface area contributed by atoms with Gasteiger partial charge >= 0.3 is 6.18 Å². The van der Waals surface area contributed by atoms with Gasteiger partial charge in [-0.3, -0.25) is 4.90 Å². The molecule has 0 spiro atoms. The molecule has 0 aromatic heterocycles. The SMILES string of the molecule is CCN(CC(O)C(F)(F)F)C1CCNCC1. The van der Waals surface area contributed by atoms with Crippen LogP contribution in [-0.2, 0) is 0 Å². The van der Waals surface area contributed by atoms with E-state index in [2.05, 4.69) is 5.32 Å². The fourth-order valence-corrected chi connectivity index (χ4v) is 2.03. The van der Waals surface area contributed by atoms with Crippen LogP contribution in [0.4, 0.5) is 13.2 Å². The number of aliphatic hydroxyl groups excluding tert-OH is 1. The molecule has 1 heterocycles. The van der Waals surface area contributed by atoms with Crippen LogP contribution in [0, 0.1) is 0 Å². The first kappa shape index (κ1) is 13.7. The van der Waals surface area contributed by atoms with Crippen molar-refractivity contribution in [2.45, 2.75) is 38.1 Å². The maximum Gasteiger partial charge on any atom is 0.415 e. The van der Waals surface area contributed by atoms with E-state index in [1.807, 2.05) is 6.92 Å². The molecule has 0 aromatic carbocycles. The number of nitrogens with one attached hydrogen (secondary N) is 1. The highest BCUT2D eigenvalue weighted by Crippen LogP contribution is 2.22. The molecule has 6 heteroatoms. The number of nitrogens with zero attached hydrogens (tertiary/aromatic N) is 1. The van der Waals surface area contributed by atoms with Crippen LogP contribution in [0.5, 0.6) is 0 Å². The van der Waals surface area contributed by atoms with Gasteiger partial charge in [-0.1, -0.05) is 6.92 Å². The first-order chi connectivity index (χ1) is 7.45. The van der Waals surface area contributed by atoms with Gasteiger partial charge in [-0.15, -0.1) is 0 Å². The van der Waals surface area contributed by atoms with Crippen LogP contribution < -0.4 is 5.32 Å². The van der Waals surface area contributed by atoms with Crippen molar-refractivity contribution in [3.63, 3.8) is 0 Å². The Kier molecular flexibility index (Phi) is 5.01. The van der Waals surface area contributed by atoms with E-state index in [4.69, 9.17) is 5.11 Å². The highest BCUT2D eigenvalue weighted by molar-refractivity contribution is 4.80. The third kappa shape index (κ3) is 3.92. The highest BCUT2D eigenvalue weighted by atomic mass is 19.4. The van der Waals surface area contributed by atoms with Gasteiger partial charge in [0.2, 0.25) is 0 Å². The van der Waals surface area contributed by atoms with Crippen LogP contribution in [0.25, 0.3) is 0 Å². The minimum absolute atomic E-state index is 0.156. The number of aliphatic hydroxyl groups is 1. The summed E-state index contributed by atoms with van der Waals surface area (Å²) in [6, 6.07) is 0.156. The normalized spacial score (nSPS) is 21.4. The molecule has 1 aliphatic heterocycles. The summed E-state index contributed by atoms with van der Waals surface area (Å²) in [5.74, 6) is 0.